The van der Waals surface area contributed by atoms with Crippen LogP contribution >= 0.6 is 0 Å². The lowest BCUT2D eigenvalue weighted by Gasteiger charge is -2.09. The highest BCUT2D eigenvalue weighted by Gasteiger charge is 1.99. The van der Waals surface area contributed by atoms with E-state index < -0.39 is 6.23 Å². The SMILES string of the molecule is CCN(C)/C=N/C=C(/C)C(O)NC. The summed E-state index contributed by atoms with van der Waals surface area (Å²) in [4.78, 5) is 6.00. The van der Waals surface area contributed by atoms with Crippen LogP contribution in [-0.4, -0.2) is 43.2 Å². The molecule has 0 spiro atoms. The molecule has 0 aliphatic heterocycles. The van der Waals surface area contributed by atoms with E-state index in [-0.39, 0.29) is 0 Å². The van der Waals surface area contributed by atoms with Gasteiger partial charge in [0, 0.05) is 19.8 Å². The fraction of sp³-hybridized carbons (Fsp3) is 0.667. The summed E-state index contributed by atoms with van der Waals surface area (Å²) in [6.07, 6.45) is 2.77. The van der Waals surface area contributed by atoms with Gasteiger partial charge in [0.15, 0.2) is 0 Å². The Balaban J connectivity index is 4.02. The van der Waals surface area contributed by atoms with Crippen molar-refractivity contribution < 1.29 is 5.11 Å². The summed E-state index contributed by atoms with van der Waals surface area (Å²) in [5.41, 5.74) is 0.795. The van der Waals surface area contributed by atoms with E-state index in [4.69, 9.17) is 0 Å². The van der Waals surface area contributed by atoms with Crippen LogP contribution in [0.1, 0.15) is 13.8 Å². The summed E-state index contributed by atoms with van der Waals surface area (Å²) in [6.45, 7) is 4.79. The van der Waals surface area contributed by atoms with Gasteiger partial charge in [-0.3, -0.25) is 5.32 Å². The van der Waals surface area contributed by atoms with Gasteiger partial charge < -0.3 is 10.0 Å². The van der Waals surface area contributed by atoms with Crippen molar-refractivity contribution >= 4 is 6.34 Å². The maximum Gasteiger partial charge on any atom is 0.128 e. The van der Waals surface area contributed by atoms with Gasteiger partial charge in [0.25, 0.3) is 0 Å². The number of aliphatic hydroxyl groups excluding tert-OH is 1. The van der Waals surface area contributed by atoms with Crippen LogP contribution in [0.25, 0.3) is 0 Å². The Kier molecular flexibility index (Phi) is 6.18. The van der Waals surface area contributed by atoms with E-state index in [1.807, 2.05) is 25.8 Å². The number of likely N-dealkylation sites (N-methyl/N-ethyl adjacent to an activating group) is 1. The zero-order valence-electron chi connectivity index (χ0n) is 8.78. The van der Waals surface area contributed by atoms with Crippen molar-refractivity contribution in [2.24, 2.45) is 4.99 Å². The van der Waals surface area contributed by atoms with E-state index in [2.05, 4.69) is 10.3 Å². The second kappa shape index (κ2) is 6.62. The third-order valence-electron chi connectivity index (χ3n) is 1.75. The van der Waals surface area contributed by atoms with Gasteiger partial charge in [0.2, 0.25) is 0 Å². The number of nitrogens with one attached hydrogen (secondary N) is 1. The lowest BCUT2D eigenvalue weighted by Crippen LogP contribution is -2.25. The average Bonchev–Trinajstić information content (AvgIpc) is 2.15. The first-order chi connectivity index (χ1) is 6.11. The van der Waals surface area contributed by atoms with Gasteiger partial charge in [-0.25, -0.2) is 4.99 Å². The Morgan fingerprint density at radius 3 is 2.77 bits per heavy atom. The minimum atomic E-state index is -0.607. The van der Waals surface area contributed by atoms with Crippen LogP contribution in [-0.2, 0) is 0 Å². The second-order valence-corrected chi connectivity index (χ2v) is 2.90. The Morgan fingerprint density at radius 2 is 2.31 bits per heavy atom. The molecule has 0 saturated carbocycles. The van der Waals surface area contributed by atoms with Crippen molar-refractivity contribution in [3.8, 4) is 0 Å². The number of nitrogens with zero attached hydrogens (tertiary/aromatic N) is 2. The first-order valence-electron chi connectivity index (χ1n) is 4.37. The summed E-state index contributed by atoms with van der Waals surface area (Å²) in [5, 5.41) is 12.0. The van der Waals surface area contributed by atoms with Crippen LogP contribution in [0.15, 0.2) is 16.8 Å². The molecular formula is C9H19N3O. The van der Waals surface area contributed by atoms with Crippen molar-refractivity contribution in [2.45, 2.75) is 20.1 Å². The Morgan fingerprint density at radius 1 is 1.69 bits per heavy atom. The fourth-order valence-corrected chi connectivity index (χ4v) is 0.645. The lowest BCUT2D eigenvalue weighted by atomic mass is 10.3. The topological polar surface area (TPSA) is 47.9 Å². The molecule has 0 saturated heterocycles. The number of hydrogen-bond acceptors (Lipinski definition) is 3. The molecule has 4 nitrogen and oxygen atoms in total. The van der Waals surface area contributed by atoms with Gasteiger partial charge >= 0.3 is 0 Å². The van der Waals surface area contributed by atoms with E-state index in [1.54, 1.807) is 19.6 Å². The van der Waals surface area contributed by atoms with Crippen LogP contribution < -0.4 is 5.32 Å². The third-order valence-corrected chi connectivity index (χ3v) is 1.75. The van der Waals surface area contributed by atoms with Crippen LogP contribution in [0, 0.1) is 0 Å². The molecule has 0 radical (unpaired) electrons. The van der Waals surface area contributed by atoms with Crippen LogP contribution in [0.2, 0.25) is 0 Å². The Hall–Kier alpha value is -0.870. The number of hydrogen-bond donors (Lipinski definition) is 2. The predicted molar refractivity (Wildman–Crippen MR) is 55.6 cm³/mol. The highest BCUT2D eigenvalue weighted by atomic mass is 16.3. The highest BCUT2D eigenvalue weighted by Crippen LogP contribution is 1.96. The Bertz CT molecular complexity index is 189. The first kappa shape index (κ1) is 12.1. The molecular weight excluding hydrogens is 166 g/mol. The highest BCUT2D eigenvalue weighted by molar-refractivity contribution is 5.55. The molecule has 0 fully saturated rings. The first-order valence-corrected chi connectivity index (χ1v) is 4.37. The van der Waals surface area contributed by atoms with Gasteiger partial charge in [-0.1, -0.05) is 0 Å². The van der Waals surface area contributed by atoms with Gasteiger partial charge in [0.05, 0.1) is 6.34 Å². The number of rotatable bonds is 5. The van der Waals surface area contributed by atoms with E-state index in [0.29, 0.717) is 0 Å². The standard InChI is InChI=1S/C9H19N3O/c1-5-12(4)7-11-6-8(2)9(13)10-3/h6-7,9-10,13H,5H2,1-4H3/b8-6-,11-7+. The fourth-order valence-electron chi connectivity index (χ4n) is 0.645. The van der Waals surface area contributed by atoms with Crippen molar-refractivity contribution in [2.75, 3.05) is 20.6 Å². The van der Waals surface area contributed by atoms with Gasteiger partial charge in [0.1, 0.15) is 6.23 Å². The molecule has 0 amide bonds. The zero-order chi connectivity index (χ0) is 10.3. The summed E-state index contributed by atoms with van der Waals surface area (Å²) in [7, 11) is 3.64. The molecule has 0 aliphatic rings. The normalized spacial score (nSPS) is 15.0. The molecule has 1 unspecified atom stereocenters. The van der Waals surface area contributed by atoms with Crippen LogP contribution in [0.4, 0.5) is 0 Å². The molecule has 0 aromatic carbocycles. The van der Waals surface area contributed by atoms with E-state index in [0.717, 1.165) is 12.1 Å². The van der Waals surface area contributed by atoms with Crippen LogP contribution in [0.3, 0.4) is 0 Å². The number of aliphatic imine (C=N–C) groups is 1. The predicted octanol–water partition coefficient (Wildman–Crippen LogP) is 0.408. The minimum absolute atomic E-state index is 0.607. The smallest absolute Gasteiger partial charge is 0.128 e. The summed E-state index contributed by atoms with van der Waals surface area (Å²) in [5.74, 6) is 0. The lowest BCUT2D eigenvalue weighted by molar-refractivity contribution is 0.183. The summed E-state index contributed by atoms with van der Waals surface area (Å²) < 4.78 is 0. The molecule has 0 aromatic heterocycles. The quantitative estimate of drug-likeness (QED) is 0.370. The molecule has 2 N–H and O–H groups in total. The van der Waals surface area contributed by atoms with Crippen molar-refractivity contribution in [1.82, 2.24) is 10.2 Å². The minimum Gasteiger partial charge on any atom is -0.375 e. The maximum atomic E-state index is 9.28. The monoisotopic (exact) mass is 185 g/mol. The molecule has 13 heavy (non-hydrogen) atoms. The van der Waals surface area contributed by atoms with Gasteiger partial charge in [-0.15, -0.1) is 0 Å². The maximum absolute atomic E-state index is 9.28. The Labute approximate surface area is 80.0 Å². The molecule has 76 valence electrons. The summed E-state index contributed by atoms with van der Waals surface area (Å²) >= 11 is 0. The van der Waals surface area contributed by atoms with E-state index in [9.17, 15) is 5.11 Å². The number of aliphatic hydroxyl groups is 1. The molecule has 0 aromatic rings. The molecule has 0 bridgehead atoms. The molecule has 4 heteroatoms. The van der Waals surface area contributed by atoms with Gasteiger partial charge in [-0.2, -0.15) is 0 Å². The van der Waals surface area contributed by atoms with E-state index in [1.165, 1.54) is 0 Å². The molecule has 1 atom stereocenters. The van der Waals surface area contributed by atoms with Crippen LogP contribution in [0.5, 0.6) is 0 Å². The molecule has 0 aliphatic carbocycles. The van der Waals surface area contributed by atoms with Crippen molar-refractivity contribution in [3.05, 3.63) is 11.8 Å². The van der Waals surface area contributed by atoms with Crippen molar-refractivity contribution in [3.63, 3.8) is 0 Å². The second-order valence-electron chi connectivity index (χ2n) is 2.90. The zero-order valence-corrected chi connectivity index (χ0v) is 8.78. The largest absolute Gasteiger partial charge is 0.375 e. The van der Waals surface area contributed by atoms with E-state index >= 15 is 0 Å². The van der Waals surface area contributed by atoms with Gasteiger partial charge in [-0.05, 0) is 26.5 Å². The average molecular weight is 185 g/mol. The third kappa shape index (κ3) is 5.38. The molecule has 0 rings (SSSR count). The summed E-state index contributed by atoms with van der Waals surface area (Å²) in [6, 6.07) is 0. The van der Waals surface area contributed by atoms with Crippen molar-refractivity contribution in [1.29, 1.82) is 0 Å². The molecule has 0 heterocycles.